The Labute approximate surface area is 137 Å². The van der Waals surface area contributed by atoms with Crippen LogP contribution in [0, 0.1) is 0 Å². The van der Waals surface area contributed by atoms with Gasteiger partial charge < -0.3 is 0 Å². The zero-order chi connectivity index (χ0) is 14.0. The van der Waals surface area contributed by atoms with Crippen molar-refractivity contribution in [2.45, 2.75) is 32.7 Å². The van der Waals surface area contributed by atoms with Crippen molar-refractivity contribution >= 4 is 92.8 Å². The Balaban J connectivity index is -0.000000181. The maximum Gasteiger partial charge on any atom is 0.266 e. The van der Waals surface area contributed by atoms with E-state index in [2.05, 4.69) is 6.58 Å². The molecule has 8 heteroatoms. The van der Waals surface area contributed by atoms with Gasteiger partial charge in [0.25, 0.3) is 3.25 Å². The van der Waals surface area contributed by atoms with Crippen molar-refractivity contribution in [2.24, 2.45) is 0 Å². The van der Waals surface area contributed by atoms with Crippen LogP contribution < -0.4 is 0 Å². The second-order valence-electron chi connectivity index (χ2n) is 2.44. The van der Waals surface area contributed by atoms with E-state index in [1.165, 1.54) is 0 Å². The predicted octanol–water partition coefficient (Wildman–Crippen LogP) is 7.12. The van der Waals surface area contributed by atoms with Crippen LogP contribution in [-0.4, -0.2) is 12.4 Å². The summed E-state index contributed by atoms with van der Waals surface area (Å²) in [4.78, 5) is 0. The van der Waals surface area contributed by atoms with Crippen LogP contribution in [0.3, 0.4) is 0 Å². The van der Waals surface area contributed by atoms with Gasteiger partial charge in [-0.1, -0.05) is 87.3 Å². The highest BCUT2D eigenvalue weighted by Crippen LogP contribution is 2.32. The van der Waals surface area contributed by atoms with Gasteiger partial charge in [0.1, 0.15) is 0 Å². The number of allylic oxidation sites excluding steroid dienone is 1. The lowest BCUT2D eigenvalue weighted by molar-refractivity contribution is 0.831. The molecule has 0 fully saturated rings. The molecule has 1 atom stereocenters. The minimum atomic E-state index is -1.61. The second-order valence-corrected chi connectivity index (χ2v) is 9.13. The van der Waals surface area contributed by atoms with Gasteiger partial charge in [-0.05, 0) is 13.8 Å². The summed E-state index contributed by atoms with van der Waals surface area (Å²) in [5, 5.41) is -0.0810. The molecule has 0 nitrogen and oxygen atoms in total. The molecule has 0 aliphatic heterocycles. The summed E-state index contributed by atoms with van der Waals surface area (Å²) in [6.45, 7) is 7.03. The van der Waals surface area contributed by atoms with Crippen LogP contribution in [0.15, 0.2) is 12.7 Å². The number of alkyl halides is 8. The Kier molecular flexibility index (Phi) is 17.5. The molecule has 0 aromatic carbocycles. The highest BCUT2D eigenvalue weighted by Gasteiger charge is 2.21. The summed E-state index contributed by atoms with van der Waals surface area (Å²) in [5.41, 5.74) is 0. The van der Waals surface area contributed by atoms with Crippen LogP contribution in [0.25, 0.3) is 0 Å². The van der Waals surface area contributed by atoms with Crippen LogP contribution >= 0.6 is 92.8 Å². The zero-order valence-electron chi connectivity index (χ0n) is 8.59. The Hall–Kier alpha value is 2.06. The largest absolute Gasteiger partial charge is 0.266 e. The fraction of sp³-hybridized carbons (Fsp3) is 0.750. The predicted molar refractivity (Wildman–Crippen MR) is 82.2 cm³/mol. The number of hydrogen-bond acceptors (Lipinski definition) is 0. The lowest BCUT2D eigenvalue weighted by Crippen LogP contribution is -2.07. The molecule has 0 aromatic rings. The molecule has 16 heavy (non-hydrogen) atoms. The van der Waals surface area contributed by atoms with Gasteiger partial charge in [-0.2, -0.15) is 0 Å². The first-order chi connectivity index (χ1) is 6.83. The van der Waals surface area contributed by atoms with Crippen LogP contribution in [-0.2, 0) is 0 Å². The fourth-order valence-electron chi connectivity index (χ4n) is 0.319. The first-order valence-electron chi connectivity index (χ1n) is 3.87. The van der Waals surface area contributed by atoms with Crippen LogP contribution in [0.4, 0.5) is 0 Å². The molecule has 0 bridgehead atoms. The van der Waals surface area contributed by atoms with Gasteiger partial charge in [-0.3, -0.25) is 0 Å². The van der Waals surface area contributed by atoms with E-state index in [1.807, 2.05) is 6.92 Å². The zero-order valence-corrected chi connectivity index (χ0v) is 14.6. The van der Waals surface area contributed by atoms with Crippen molar-refractivity contribution in [2.75, 3.05) is 0 Å². The summed E-state index contributed by atoms with van der Waals surface area (Å²) in [7, 11) is 0. The van der Waals surface area contributed by atoms with E-state index in [9.17, 15) is 0 Å². The van der Waals surface area contributed by atoms with E-state index in [0.29, 0.717) is 6.42 Å². The third-order valence-electron chi connectivity index (χ3n) is 0.513. The van der Waals surface area contributed by atoms with E-state index >= 15 is 0 Å². The molecule has 1 unspecified atom stereocenters. The summed E-state index contributed by atoms with van der Waals surface area (Å²) >= 11 is 40.9. The minimum Gasteiger partial charge on any atom is -0.123 e. The standard InChI is InChI=1S/C4H6Cl4.C3H6.CCl4/c1-3(5)2-4(6,7)8;1-3-2;2-1(3,4)5/h3H,2H2,1H3;3H,1H2,2H3;. The van der Waals surface area contributed by atoms with Crippen molar-refractivity contribution in [1.29, 1.82) is 0 Å². The molecule has 0 aromatic heterocycles. The highest BCUT2D eigenvalue weighted by molar-refractivity contribution is 6.83. The highest BCUT2D eigenvalue weighted by atomic mass is 35.6. The Morgan fingerprint density at radius 2 is 1.25 bits per heavy atom. The Morgan fingerprint density at radius 1 is 1.06 bits per heavy atom. The van der Waals surface area contributed by atoms with Crippen molar-refractivity contribution in [3.8, 4) is 0 Å². The van der Waals surface area contributed by atoms with Crippen molar-refractivity contribution in [1.82, 2.24) is 0 Å². The normalized spacial score (nSPS) is 12.6. The maximum absolute atomic E-state index is 5.51. The van der Waals surface area contributed by atoms with Gasteiger partial charge in [0.05, 0.1) is 0 Å². The van der Waals surface area contributed by atoms with Crippen LogP contribution in [0.1, 0.15) is 20.3 Å². The third-order valence-corrected chi connectivity index (χ3v) is 1.13. The SMILES string of the molecule is C=CC.CC(Cl)CC(Cl)(Cl)Cl.ClC(Cl)(Cl)Cl. The molecular weight excluding hydrogens is 380 g/mol. The lowest BCUT2D eigenvalue weighted by atomic mass is 10.4. The molecule has 0 rings (SSSR count). The number of rotatable bonds is 1. The van der Waals surface area contributed by atoms with E-state index < -0.39 is 7.04 Å². The topological polar surface area (TPSA) is 0 Å². The van der Waals surface area contributed by atoms with Gasteiger partial charge in [0.15, 0.2) is 3.79 Å². The Morgan fingerprint density at radius 3 is 1.25 bits per heavy atom. The summed E-state index contributed by atoms with van der Waals surface area (Å²) in [6, 6.07) is 0. The lowest BCUT2D eigenvalue weighted by Gasteiger charge is -2.10. The van der Waals surface area contributed by atoms with E-state index in [0.717, 1.165) is 0 Å². The maximum atomic E-state index is 5.51. The van der Waals surface area contributed by atoms with Crippen LogP contribution in [0.2, 0.25) is 0 Å². The average Bonchev–Trinajstić information content (AvgIpc) is 1.76. The third kappa shape index (κ3) is 73.1. The van der Waals surface area contributed by atoms with Gasteiger partial charge in [0, 0.05) is 11.8 Å². The molecule has 100 valence electrons. The molecule has 0 saturated carbocycles. The number of halogens is 8. The van der Waals surface area contributed by atoms with Crippen molar-refractivity contribution in [3.05, 3.63) is 12.7 Å². The quantitative estimate of drug-likeness (QED) is 0.330. The molecule has 0 saturated heterocycles. The molecule has 0 N–H and O–H groups in total. The molecule has 0 aliphatic carbocycles. The molecular formula is C8H12Cl8. The molecule has 0 amide bonds. The average molecular weight is 392 g/mol. The first-order valence-corrected chi connectivity index (χ1v) is 6.95. The second kappa shape index (κ2) is 12.1. The smallest absolute Gasteiger partial charge is 0.123 e. The fourth-order valence-corrected chi connectivity index (χ4v) is 1.48. The van der Waals surface area contributed by atoms with Crippen molar-refractivity contribution in [3.63, 3.8) is 0 Å². The van der Waals surface area contributed by atoms with E-state index in [-0.39, 0.29) is 5.38 Å². The van der Waals surface area contributed by atoms with Gasteiger partial charge in [-0.15, -0.1) is 18.2 Å². The monoisotopic (exact) mass is 388 g/mol. The summed E-state index contributed by atoms with van der Waals surface area (Å²) < 4.78 is -2.80. The first kappa shape index (κ1) is 23.2. The number of hydrogen-bond donors (Lipinski definition) is 0. The Bertz CT molecular complexity index is 148. The van der Waals surface area contributed by atoms with Crippen LogP contribution in [0.5, 0.6) is 0 Å². The summed E-state index contributed by atoms with van der Waals surface area (Å²) in [5.74, 6) is 0. The van der Waals surface area contributed by atoms with Gasteiger partial charge in [0.2, 0.25) is 0 Å². The van der Waals surface area contributed by atoms with E-state index in [1.54, 1.807) is 13.0 Å². The van der Waals surface area contributed by atoms with E-state index in [4.69, 9.17) is 92.8 Å². The molecule has 0 spiro atoms. The molecule has 0 radical (unpaired) electrons. The molecule has 0 heterocycles. The van der Waals surface area contributed by atoms with Gasteiger partial charge in [-0.25, -0.2) is 0 Å². The summed E-state index contributed by atoms with van der Waals surface area (Å²) in [6.07, 6.45) is 2.14. The molecule has 0 aliphatic rings. The van der Waals surface area contributed by atoms with Gasteiger partial charge >= 0.3 is 0 Å². The minimum absolute atomic E-state index is 0.0810. The van der Waals surface area contributed by atoms with Crippen molar-refractivity contribution < 1.29 is 0 Å².